The third kappa shape index (κ3) is 3.37. The molecule has 4 heteroatoms. The quantitative estimate of drug-likeness (QED) is 0.706. The van der Waals surface area contributed by atoms with Crippen LogP contribution in [-0.4, -0.2) is 52.0 Å². The van der Waals surface area contributed by atoms with Crippen LogP contribution >= 0.6 is 0 Å². The fourth-order valence-corrected chi connectivity index (χ4v) is 2.75. The molecule has 3 atom stereocenters. The number of rotatable bonds is 4. The van der Waals surface area contributed by atoms with Crippen LogP contribution in [0.15, 0.2) is 0 Å². The smallest absolute Gasteiger partial charge is 0.0471 e. The van der Waals surface area contributed by atoms with Gasteiger partial charge in [-0.1, -0.05) is 0 Å². The Balaban J connectivity index is 2.32. The summed E-state index contributed by atoms with van der Waals surface area (Å²) in [6, 6.07) is 0.391. The van der Waals surface area contributed by atoms with E-state index >= 15 is 0 Å². The fraction of sp³-hybridized carbons (Fsp3) is 1.00. The Hall–Kier alpha value is 0.0700. The lowest BCUT2D eigenvalue weighted by molar-refractivity contribution is 0.210. The highest BCUT2D eigenvalue weighted by Crippen LogP contribution is 2.17. The van der Waals surface area contributed by atoms with E-state index in [1.165, 1.54) is 0 Å². The van der Waals surface area contributed by atoms with E-state index in [0.717, 1.165) is 25.3 Å². The SMILES string of the molecule is CC(CS(C)=O)N1CCC(CO)C1. The first-order valence-electron chi connectivity index (χ1n) is 4.78. The summed E-state index contributed by atoms with van der Waals surface area (Å²) < 4.78 is 11.0. The van der Waals surface area contributed by atoms with E-state index in [9.17, 15) is 4.21 Å². The second-order valence-electron chi connectivity index (χ2n) is 3.92. The van der Waals surface area contributed by atoms with E-state index in [1.54, 1.807) is 6.26 Å². The molecule has 0 aliphatic carbocycles. The molecule has 0 aromatic heterocycles. The summed E-state index contributed by atoms with van der Waals surface area (Å²) in [6.45, 7) is 4.41. The molecule has 1 rings (SSSR count). The first-order chi connectivity index (χ1) is 6.13. The highest BCUT2D eigenvalue weighted by molar-refractivity contribution is 7.84. The van der Waals surface area contributed by atoms with Gasteiger partial charge >= 0.3 is 0 Å². The summed E-state index contributed by atoms with van der Waals surface area (Å²) in [7, 11) is -0.709. The van der Waals surface area contributed by atoms with Gasteiger partial charge in [-0.15, -0.1) is 0 Å². The number of hydrogen-bond donors (Lipinski definition) is 1. The Labute approximate surface area is 82.6 Å². The number of aliphatic hydroxyl groups excluding tert-OH is 1. The van der Waals surface area contributed by atoms with Gasteiger partial charge in [0.1, 0.15) is 0 Å². The van der Waals surface area contributed by atoms with Crippen LogP contribution in [0, 0.1) is 5.92 Å². The minimum atomic E-state index is -0.709. The number of likely N-dealkylation sites (tertiary alicyclic amines) is 1. The average molecular weight is 205 g/mol. The lowest BCUT2D eigenvalue weighted by Gasteiger charge is -2.23. The predicted octanol–water partition coefficient (Wildman–Crippen LogP) is 0.0676. The van der Waals surface area contributed by atoms with Crippen LogP contribution in [0.2, 0.25) is 0 Å². The maximum atomic E-state index is 11.0. The van der Waals surface area contributed by atoms with Crippen LogP contribution in [-0.2, 0) is 10.8 Å². The number of aliphatic hydroxyl groups is 1. The van der Waals surface area contributed by atoms with E-state index in [4.69, 9.17) is 5.11 Å². The monoisotopic (exact) mass is 205 g/mol. The van der Waals surface area contributed by atoms with Gasteiger partial charge in [0, 0.05) is 42.0 Å². The maximum absolute atomic E-state index is 11.0. The van der Waals surface area contributed by atoms with E-state index in [1.807, 2.05) is 0 Å². The van der Waals surface area contributed by atoms with Gasteiger partial charge in [-0.2, -0.15) is 0 Å². The summed E-state index contributed by atoms with van der Waals surface area (Å²) >= 11 is 0. The lowest BCUT2D eigenvalue weighted by Crippen LogP contribution is -2.35. The van der Waals surface area contributed by atoms with Crippen LogP contribution < -0.4 is 0 Å². The van der Waals surface area contributed by atoms with Crippen molar-refractivity contribution < 1.29 is 9.32 Å². The van der Waals surface area contributed by atoms with Gasteiger partial charge in [-0.25, -0.2) is 0 Å². The Morgan fingerprint density at radius 1 is 1.69 bits per heavy atom. The van der Waals surface area contributed by atoms with Crippen molar-refractivity contribution in [3.05, 3.63) is 0 Å². The summed E-state index contributed by atoms with van der Waals surface area (Å²) in [5.74, 6) is 1.19. The minimum Gasteiger partial charge on any atom is -0.396 e. The van der Waals surface area contributed by atoms with Crippen LogP contribution in [0.3, 0.4) is 0 Å². The predicted molar refractivity (Wildman–Crippen MR) is 55.2 cm³/mol. The van der Waals surface area contributed by atoms with Crippen LogP contribution in [0.4, 0.5) is 0 Å². The van der Waals surface area contributed by atoms with Crippen molar-refractivity contribution in [2.75, 3.05) is 31.7 Å². The molecule has 1 fully saturated rings. The molecule has 3 unspecified atom stereocenters. The highest BCUT2D eigenvalue weighted by atomic mass is 32.2. The molecule has 1 aliphatic rings. The summed E-state index contributed by atoms with van der Waals surface area (Å²) in [5.41, 5.74) is 0. The number of hydrogen-bond acceptors (Lipinski definition) is 3. The third-order valence-electron chi connectivity index (χ3n) is 2.67. The minimum absolute atomic E-state index is 0.290. The van der Waals surface area contributed by atoms with Crippen LogP contribution in [0.5, 0.6) is 0 Å². The summed E-state index contributed by atoms with van der Waals surface area (Å²) in [4.78, 5) is 2.32. The summed E-state index contributed by atoms with van der Waals surface area (Å²) in [6.07, 6.45) is 2.83. The lowest BCUT2D eigenvalue weighted by atomic mass is 10.1. The normalized spacial score (nSPS) is 29.0. The molecule has 0 amide bonds. The zero-order valence-electron chi connectivity index (χ0n) is 8.40. The molecule has 13 heavy (non-hydrogen) atoms. The van der Waals surface area contributed by atoms with Crippen molar-refractivity contribution in [2.24, 2.45) is 5.92 Å². The molecule has 1 N–H and O–H groups in total. The zero-order valence-corrected chi connectivity index (χ0v) is 9.22. The largest absolute Gasteiger partial charge is 0.396 e. The molecule has 3 nitrogen and oxygen atoms in total. The van der Waals surface area contributed by atoms with E-state index in [-0.39, 0.29) is 0 Å². The topological polar surface area (TPSA) is 40.5 Å². The van der Waals surface area contributed by atoms with Gasteiger partial charge in [0.2, 0.25) is 0 Å². The van der Waals surface area contributed by atoms with Crippen molar-refractivity contribution in [2.45, 2.75) is 19.4 Å². The Morgan fingerprint density at radius 2 is 2.38 bits per heavy atom. The molecule has 0 bridgehead atoms. The first-order valence-corrected chi connectivity index (χ1v) is 6.51. The van der Waals surface area contributed by atoms with Crippen molar-refractivity contribution >= 4 is 10.8 Å². The average Bonchev–Trinajstić information content (AvgIpc) is 2.50. The fourth-order valence-electron chi connectivity index (χ4n) is 1.86. The molecule has 0 spiro atoms. The second kappa shape index (κ2) is 5.08. The molecule has 1 heterocycles. The molecule has 78 valence electrons. The molecular formula is C9H19NO2S. The van der Waals surface area contributed by atoms with Gasteiger partial charge in [0.25, 0.3) is 0 Å². The van der Waals surface area contributed by atoms with Crippen LogP contribution in [0.1, 0.15) is 13.3 Å². The van der Waals surface area contributed by atoms with Crippen molar-refractivity contribution in [3.63, 3.8) is 0 Å². The molecule has 0 radical (unpaired) electrons. The molecule has 1 aliphatic heterocycles. The van der Waals surface area contributed by atoms with Gasteiger partial charge in [0.15, 0.2) is 0 Å². The Kier molecular flexibility index (Phi) is 4.35. The maximum Gasteiger partial charge on any atom is 0.0471 e. The molecule has 1 saturated heterocycles. The zero-order chi connectivity index (χ0) is 9.84. The van der Waals surface area contributed by atoms with Gasteiger partial charge < -0.3 is 5.11 Å². The first kappa shape index (κ1) is 11.1. The van der Waals surface area contributed by atoms with Gasteiger partial charge in [0.05, 0.1) is 0 Å². The second-order valence-corrected chi connectivity index (χ2v) is 5.40. The number of nitrogens with zero attached hydrogens (tertiary/aromatic N) is 1. The van der Waals surface area contributed by atoms with E-state index in [0.29, 0.717) is 18.6 Å². The van der Waals surface area contributed by atoms with Crippen molar-refractivity contribution in [3.8, 4) is 0 Å². The van der Waals surface area contributed by atoms with E-state index in [2.05, 4.69) is 11.8 Å². The standard InChI is InChI=1S/C9H19NO2S/c1-8(7-13(2)12)10-4-3-9(5-10)6-11/h8-9,11H,3-7H2,1-2H3. The summed E-state index contributed by atoms with van der Waals surface area (Å²) in [5, 5.41) is 8.96. The Morgan fingerprint density at radius 3 is 2.85 bits per heavy atom. The van der Waals surface area contributed by atoms with Crippen LogP contribution in [0.25, 0.3) is 0 Å². The van der Waals surface area contributed by atoms with Gasteiger partial charge in [-0.3, -0.25) is 9.11 Å². The molecule has 0 aromatic carbocycles. The Bertz CT molecular complexity index is 186. The molecule has 0 aromatic rings. The third-order valence-corrected chi connectivity index (χ3v) is 3.63. The molecule has 0 saturated carbocycles. The highest BCUT2D eigenvalue weighted by Gasteiger charge is 2.25. The van der Waals surface area contributed by atoms with E-state index < -0.39 is 10.8 Å². The van der Waals surface area contributed by atoms with Crippen molar-refractivity contribution in [1.82, 2.24) is 4.90 Å². The molecular weight excluding hydrogens is 186 g/mol. The van der Waals surface area contributed by atoms with Crippen molar-refractivity contribution in [1.29, 1.82) is 0 Å². The van der Waals surface area contributed by atoms with Gasteiger partial charge in [-0.05, 0) is 25.8 Å².